The molecule has 1 N–H and O–H groups in total. The highest BCUT2D eigenvalue weighted by Crippen LogP contribution is 2.21. The highest BCUT2D eigenvalue weighted by molar-refractivity contribution is 6.01. The third-order valence-electron chi connectivity index (χ3n) is 3.23. The van der Waals surface area contributed by atoms with Gasteiger partial charge >= 0.3 is 0 Å². The van der Waals surface area contributed by atoms with E-state index in [9.17, 15) is 9.59 Å². The number of nitrogens with one attached hydrogen (secondary N) is 1. The lowest BCUT2D eigenvalue weighted by atomic mass is 10.1. The maximum Gasteiger partial charge on any atom is 0.245 e. The maximum atomic E-state index is 12.1. The molecule has 2 rings (SSSR count). The van der Waals surface area contributed by atoms with Crippen LogP contribution in [-0.2, 0) is 9.59 Å². The third-order valence-corrected chi connectivity index (χ3v) is 3.23. The van der Waals surface area contributed by atoms with Crippen LogP contribution in [0.1, 0.15) is 23.8 Å². The van der Waals surface area contributed by atoms with Gasteiger partial charge in [-0.25, -0.2) is 0 Å². The van der Waals surface area contributed by atoms with Gasteiger partial charge in [-0.2, -0.15) is 0 Å². The quantitative estimate of drug-likeness (QED) is 0.941. The monoisotopic (exact) mass is 301 g/mol. The van der Waals surface area contributed by atoms with Gasteiger partial charge in [0.05, 0.1) is 0 Å². The highest BCUT2D eigenvalue weighted by atomic mass is 16.5. The van der Waals surface area contributed by atoms with Gasteiger partial charge in [-0.15, -0.1) is 0 Å². The van der Waals surface area contributed by atoms with Crippen molar-refractivity contribution in [2.24, 2.45) is 0 Å². The number of carbonyl (C=O) groups excluding carboxylic acids is 2. The molecule has 0 fully saturated rings. The van der Waals surface area contributed by atoms with Crippen molar-refractivity contribution in [2.75, 3.05) is 16.8 Å². The van der Waals surface area contributed by atoms with E-state index in [0.717, 1.165) is 16.8 Å². The Hall–Kier alpha value is -2.63. The summed E-state index contributed by atoms with van der Waals surface area (Å²) in [7, 11) is 0. The number of rotatable bonds is 4. The number of aryl methyl sites for hydroxylation is 3. The summed E-state index contributed by atoms with van der Waals surface area (Å²) >= 11 is 0. The van der Waals surface area contributed by atoms with E-state index in [2.05, 4.69) is 10.5 Å². The molecule has 0 aliphatic heterocycles. The molecule has 1 aromatic heterocycles. The number of benzene rings is 1. The molecule has 2 amide bonds. The zero-order valence-electron chi connectivity index (χ0n) is 13.1. The normalized spacial score (nSPS) is 10.4. The molecule has 1 aromatic carbocycles. The van der Waals surface area contributed by atoms with Gasteiger partial charge in [0.1, 0.15) is 12.3 Å². The third kappa shape index (κ3) is 3.72. The van der Waals surface area contributed by atoms with Crippen molar-refractivity contribution in [1.29, 1.82) is 0 Å². The van der Waals surface area contributed by atoms with E-state index in [0.29, 0.717) is 11.6 Å². The first-order valence-corrected chi connectivity index (χ1v) is 6.95. The van der Waals surface area contributed by atoms with Crippen LogP contribution in [-0.4, -0.2) is 23.5 Å². The molecule has 0 spiro atoms. The largest absolute Gasteiger partial charge is 0.360 e. The number of hydrogen-bond acceptors (Lipinski definition) is 4. The summed E-state index contributed by atoms with van der Waals surface area (Å²) < 4.78 is 4.89. The average molecular weight is 301 g/mol. The molecule has 0 saturated heterocycles. The summed E-state index contributed by atoms with van der Waals surface area (Å²) in [5.74, 6) is 0.421. The van der Waals surface area contributed by atoms with Gasteiger partial charge in [0.15, 0.2) is 5.82 Å². The van der Waals surface area contributed by atoms with Crippen molar-refractivity contribution in [3.05, 3.63) is 41.2 Å². The van der Waals surface area contributed by atoms with E-state index in [1.54, 1.807) is 13.0 Å². The lowest BCUT2D eigenvalue weighted by Crippen LogP contribution is -2.37. The molecule has 22 heavy (non-hydrogen) atoms. The summed E-state index contributed by atoms with van der Waals surface area (Å²) in [4.78, 5) is 25.5. The van der Waals surface area contributed by atoms with Crippen LogP contribution in [0, 0.1) is 20.8 Å². The first kappa shape index (κ1) is 15.8. The molecule has 0 bridgehead atoms. The zero-order chi connectivity index (χ0) is 16.3. The maximum absolute atomic E-state index is 12.1. The van der Waals surface area contributed by atoms with E-state index in [1.807, 2.05) is 32.0 Å². The SMILES string of the molecule is CC(=O)N(CC(=O)Nc1cc(C)on1)c1cc(C)ccc1C. The Morgan fingerprint density at radius 3 is 2.55 bits per heavy atom. The van der Waals surface area contributed by atoms with Crippen molar-refractivity contribution in [3.63, 3.8) is 0 Å². The van der Waals surface area contributed by atoms with Gasteiger partial charge in [0, 0.05) is 18.7 Å². The molecule has 0 aliphatic carbocycles. The van der Waals surface area contributed by atoms with Crippen molar-refractivity contribution >= 4 is 23.3 Å². The number of amides is 2. The molecule has 116 valence electrons. The van der Waals surface area contributed by atoms with Crippen LogP contribution in [0.15, 0.2) is 28.8 Å². The molecule has 0 saturated carbocycles. The van der Waals surface area contributed by atoms with Crippen molar-refractivity contribution < 1.29 is 14.1 Å². The van der Waals surface area contributed by atoms with Crippen LogP contribution in [0.2, 0.25) is 0 Å². The van der Waals surface area contributed by atoms with Crippen LogP contribution in [0.25, 0.3) is 0 Å². The molecule has 0 radical (unpaired) electrons. The molecule has 6 heteroatoms. The first-order chi connectivity index (χ1) is 10.4. The second-order valence-electron chi connectivity index (χ2n) is 5.27. The van der Waals surface area contributed by atoms with Gasteiger partial charge in [-0.1, -0.05) is 17.3 Å². The number of hydrogen-bond donors (Lipinski definition) is 1. The lowest BCUT2D eigenvalue weighted by molar-refractivity contribution is -0.120. The fourth-order valence-electron chi connectivity index (χ4n) is 2.13. The van der Waals surface area contributed by atoms with Crippen LogP contribution in [0.4, 0.5) is 11.5 Å². The van der Waals surface area contributed by atoms with E-state index in [1.165, 1.54) is 11.8 Å². The number of nitrogens with zero attached hydrogens (tertiary/aromatic N) is 2. The minimum atomic E-state index is -0.329. The summed E-state index contributed by atoms with van der Waals surface area (Å²) in [6.07, 6.45) is 0. The van der Waals surface area contributed by atoms with Gasteiger partial charge in [-0.3, -0.25) is 9.59 Å². The molecule has 0 atom stereocenters. The molecular formula is C16H19N3O3. The second-order valence-corrected chi connectivity index (χ2v) is 5.27. The van der Waals surface area contributed by atoms with Crippen molar-refractivity contribution in [2.45, 2.75) is 27.7 Å². The zero-order valence-corrected chi connectivity index (χ0v) is 13.1. The fraction of sp³-hybridized carbons (Fsp3) is 0.312. The number of anilines is 2. The van der Waals surface area contributed by atoms with E-state index in [4.69, 9.17) is 4.52 Å². The second kappa shape index (κ2) is 6.43. The predicted molar refractivity (Wildman–Crippen MR) is 83.8 cm³/mol. The van der Waals surface area contributed by atoms with Crippen molar-refractivity contribution in [1.82, 2.24) is 5.16 Å². The van der Waals surface area contributed by atoms with Gasteiger partial charge < -0.3 is 14.7 Å². The molecule has 6 nitrogen and oxygen atoms in total. The topological polar surface area (TPSA) is 75.4 Å². The fourth-order valence-corrected chi connectivity index (χ4v) is 2.13. The Balaban J connectivity index is 2.16. The molecule has 2 aromatic rings. The Kier molecular flexibility index (Phi) is 4.60. The molecule has 0 aliphatic rings. The summed E-state index contributed by atoms with van der Waals surface area (Å²) in [5, 5.41) is 6.32. The van der Waals surface area contributed by atoms with Crippen LogP contribution >= 0.6 is 0 Å². The van der Waals surface area contributed by atoms with E-state index in [-0.39, 0.29) is 18.4 Å². The van der Waals surface area contributed by atoms with Crippen LogP contribution in [0.3, 0.4) is 0 Å². The van der Waals surface area contributed by atoms with Gasteiger partial charge in [0.2, 0.25) is 11.8 Å². The van der Waals surface area contributed by atoms with Crippen molar-refractivity contribution in [3.8, 4) is 0 Å². The lowest BCUT2D eigenvalue weighted by Gasteiger charge is -2.22. The summed E-state index contributed by atoms with van der Waals surface area (Å²) in [6, 6.07) is 7.41. The van der Waals surface area contributed by atoms with E-state index < -0.39 is 0 Å². The Morgan fingerprint density at radius 2 is 1.95 bits per heavy atom. The first-order valence-electron chi connectivity index (χ1n) is 6.95. The Labute approximate surface area is 129 Å². The smallest absolute Gasteiger partial charge is 0.245 e. The number of aromatic nitrogens is 1. The molecule has 0 unspecified atom stereocenters. The standard InChI is InChI=1S/C16H19N3O3/c1-10-5-6-11(2)14(7-10)19(13(4)20)9-16(21)17-15-8-12(3)22-18-15/h5-8H,9H2,1-4H3,(H,17,18,21). The van der Waals surface area contributed by atoms with E-state index >= 15 is 0 Å². The van der Waals surface area contributed by atoms with Crippen LogP contribution in [0.5, 0.6) is 0 Å². The predicted octanol–water partition coefficient (Wildman–Crippen LogP) is 2.59. The van der Waals surface area contributed by atoms with Crippen LogP contribution < -0.4 is 10.2 Å². The molecular weight excluding hydrogens is 282 g/mol. The van der Waals surface area contributed by atoms with Gasteiger partial charge in [-0.05, 0) is 38.0 Å². The minimum absolute atomic E-state index is 0.0778. The highest BCUT2D eigenvalue weighted by Gasteiger charge is 2.18. The Bertz CT molecular complexity index is 706. The summed E-state index contributed by atoms with van der Waals surface area (Å²) in [5.41, 5.74) is 2.70. The Morgan fingerprint density at radius 1 is 1.23 bits per heavy atom. The molecule has 1 heterocycles. The minimum Gasteiger partial charge on any atom is -0.360 e. The van der Waals surface area contributed by atoms with Gasteiger partial charge in [0.25, 0.3) is 0 Å². The number of carbonyl (C=O) groups is 2. The average Bonchev–Trinajstić information content (AvgIpc) is 2.84. The summed E-state index contributed by atoms with van der Waals surface area (Å²) in [6.45, 7) is 6.95.